The lowest BCUT2D eigenvalue weighted by Gasteiger charge is -2.06. The summed E-state index contributed by atoms with van der Waals surface area (Å²) < 4.78 is 1.97. The average Bonchev–Trinajstić information content (AvgIpc) is 2.98. The third kappa shape index (κ3) is 2.85. The minimum Gasteiger partial charge on any atom is -0.298 e. The number of carbonyl (C=O) groups excluding carboxylic acids is 1. The number of benzene rings is 1. The number of nitrogens with one attached hydrogen (secondary N) is 1. The number of hydrogen-bond acceptors (Lipinski definition) is 4. The van der Waals surface area contributed by atoms with Gasteiger partial charge in [0.15, 0.2) is 0 Å². The number of imidazole rings is 1. The van der Waals surface area contributed by atoms with E-state index in [4.69, 9.17) is 0 Å². The second kappa shape index (κ2) is 6.16. The van der Waals surface area contributed by atoms with Crippen molar-refractivity contribution in [1.29, 1.82) is 0 Å². The average molecular weight is 329 g/mol. The number of carbonyl (C=O) groups is 1. The fourth-order valence-electron chi connectivity index (χ4n) is 2.74. The van der Waals surface area contributed by atoms with Gasteiger partial charge in [0.25, 0.3) is 5.91 Å². The van der Waals surface area contributed by atoms with E-state index in [1.807, 2.05) is 60.0 Å². The minimum absolute atomic E-state index is 0.243. The number of anilines is 1. The Morgan fingerprint density at radius 1 is 1.00 bits per heavy atom. The summed E-state index contributed by atoms with van der Waals surface area (Å²) in [5.41, 5.74) is 3.86. The van der Waals surface area contributed by atoms with E-state index in [1.54, 1.807) is 18.3 Å². The zero-order valence-corrected chi connectivity index (χ0v) is 13.5. The predicted octanol–water partition coefficient (Wildman–Crippen LogP) is 3.35. The summed E-state index contributed by atoms with van der Waals surface area (Å²) in [5.74, 6) is 0.0178. The van der Waals surface area contributed by atoms with Gasteiger partial charge >= 0.3 is 0 Å². The van der Waals surface area contributed by atoms with E-state index >= 15 is 0 Å². The lowest BCUT2D eigenvalue weighted by molar-refractivity contribution is 0.102. The molecule has 0 bridgehead atoms. The molecule has 0 saturated carbocycles. The highest BCUT2D eigenvalue weighted by atomic mass is 16.1. The van der Waals surface area contributed by atoms with E-state index in [0.717, 1.165) is 17.0 Å². The third-order valence-electron chi connectivity index (χ3n) is 3.86. The lowest BCUT2D eigenvalue weighted by atomic mass is 10.2. The molecule has 6 nitrogen and oxygen atoms in total. The number of nitrogens with zero attached hydrogens (tertiary/aromatic N) is 4. The second-order valence-electron chi connectivity index (χ2n) is 5.56. The summed E-state index contributed by atoms with van der Waals surface area (Å²) in [6.07, 6.45) is 3.57. The number of aromatic nitrogens is 4. The Hall–Kier alpha value is -3.54. The Balaban J connectivity index is 1.70. The molecule has 0 unspecified atom stereocenters. The molecule has 3 heterocycles. The van der Waals surface area contributed by atoms with Crippen molar-refractivity contribution in [3.8, 4) is 11.4 Å². The molecule has 0 spiro atoms. The van der Waals surface area contributed by atoms with Crippen LogP contribution >= 0.6 is 0 Å². The maximum Gasteiger partial charge on any atom is 0.258 e. The van der Waals surface area contributed by atoms with Crippen LogP contribution in [0, 0.1) is 6.92 Å². The molecule has 4 aromatic rings. The van der Waals surface area contributed by atoms with E-state index in [0.29, 0.717) is 11.3 Å². The summed E-state index contributed by atoms with van der Waals surface area (Å²) in [4.78, 5) is 25.5. The molecule has 6 heteroatoms. The molecular formula is C19H15N5O. The van der Waals surface area contributed by atoms with Crippen LogP contribution in [-0.4, -0.2) is 25.3 Å². The molecule has 0 saturated heterocycles. The Morgan fingerprint density at radius 2 is 1.80 bits per heavy atom. The first-order valence-electron chi connectivity index (χ1n) is 7.86. The van der Waals surface area contributed by atoms with Gasteiger partial charge in [-0.2, -0.15) is 0 Å². The van der Waals surface area contributed by atoms with Crippen LogP contribution < -0.4 is 5.32 Å². The largest absolute Gasteiger partial charge is 0.298 e. The van der Waals surface area contributed by atoms with E-state index in [9.17, 15) is 4.79 Å². The van der Waals surface area contributed by atoms with Gasteiger partial charge in [0.1, 0.15) is 5.65 Å². The third-order valence-corrected chi connectivity index (χ3v) is 3.86. The number of amides is 1. The van der Waals surface area contributed by atoms with E-state index in [2.05, 4.69) is 20.3 Å². The molecule has 122 valence electrons. The summed E-state index contributed by atoms with van der Waals surface area (Å²) in [6, 6.07) is 16.6. The van der Waals surface area contributed by atoms with Crippen LogP contribution in [-0.2, 0) is 0 Å². The summed E-state index contributed by atoms with van der Waals surface area (Å²) >= 11 is 0. The summed E-state index contributed by atoms with van der Waals surface area (Å²) in [7, 11) is 0. The van der Waals surface area contributed by atoms with Crippen molar-refractivity contribution in [3.63, 3.8) is 0 Å². The Labute approximate surface area is 144 Å². The smallest absolute Gasteiger partial charge is 0.258 e. The predicted molar refractivity (Wildman–Crippen MR) is 95.4 cm³/mol. The fraction of sp³-hybridized carbons (Fsp3) is 0.0526. The molecular weight excluding hydrogens is 314 g/mol. The van der Waals surface area contributed by atoms with Crippen molar-refractivity contribution in [2.75, 3.05) is 5.32 Å². The number of aryl methyl sites for hydroxylation is 1. The van der Waals surface area contributed by atoms with Crippen molar-refractivity contribution < 1.29 is 4.79 Å². The first-order valence-corrected chi connectivity index (χ1v) is 7.86. The van der Waals surface area contributed by atoms with E-state index in [-0.39, 0.29) is 11.9 Å². The topological polar surface area (TPSA) is 72.2 Å². The molecule has 0 fully saturated rings. The molecule has 1 N–H and O–H groups in total. The maximum atomic E-state index is 12.3. The Morgan fingerprint density at radius 3 is 2.64 bits per heavy atom. The van der Waals surface area contributed by atoms with Crippen LogP contribution in [0.5, 0.6) is 0 Å². The van der Waals surface area contributed by atoms with Crippen LogP contribution in [0.1, 0.15) is 16.1 Å². The first kappa shape index (κ1) is 15.0. The molecule has 0 aliphatic heterocycles. The maximum absolute atomic E-state index is 12.3. The number of fused-ring (bicyclic) bond motifs is 1. The molecule has 4 rings (SSSR count). The van der Waals surface area contributed by atoms with Crippen LogP contribution in [0.3, 0.4) is 0 Å². The highest BCUT2D eigenvalue weighted by Gasteiger charge is 2.14. The standard InChI is InChI=1S/C19H15N5O/c1-13-17(24-12-6-5-9-16(24)21-13)15-10-11-20-19(22-15)23-18(25)14-7-3-2-4-8-14/h2-12H,1H3,(H,20,22,23,25). The van der Waals surface area contributed by atoms with Crippen molar-refractivity contribution in [3.05, 3.63) is 78.2 Å². The fourth-order valence-corrected chi connectivity index (χ4v) is 2.74. The van der Waals surface area contributed by atoms with E-state index < -0.39 is 0 Å². The van der Waals surface area contributed by atoms with Crippen LogP contribution in [0.4, 0.5) is 5.95 Å². The molecule has 1 aromatic carbocycles. The minimum atomic E-state index is -0.243. The molecule has 0 aliphatic rings. The van der Waals surface area contributed by atoms with E-state index in [1.165, 1.54) is 0 Å². The van der Waals surface area contributed by atoms with Gasteiger partial charge < -0.3 is 0 Å². The normalized spacial score (nSPS) is 10.8. The highest BCUT2D eigenvalue weighted by molar-refractivity contribution is 6.03. The second-order valence-corrected chi connectivity index (χ2v) is 5.56. The van der Waals surface area contributed by atoms with Crippen molar-refractivity contribution in [2.24, 2.45) is 0 Å². The zero-order chi connectivity index (χ0) is 17.2. The van der Waals surface area contributed by atoms with Gasteiger partial charge in [-0.05, 0) is 37.3 Å². The SMILES string of the molecule is Cc1nc2ccccn2c1-c1ccnc(NC(=O)c2ccccc2)n1. The molecule has 3 aromatic heterocycles. The number of hydrogen-bond donors (Lipinski definition) is 1. The quantitative estimate of drug-likeness (QED) is 0.625. The molecule has 1 amide bonds. The zero-order valence-electron chi connectivity index (χ0n) is 13.5. The lowest BCUT2D eigenvalue weighted by Crippen LogP contribution is -2.14. The molecule has 25 heavy (non-hydrogen) atoms. The Kier molecular flexibility index (Phi) is 3.70. The number of rotatable bonds is 3. The summed E-state index contributed by atoms with van der Waals surface area (Å²) in [6.45, 7) is 1.94. The van der Waals surface area contributed by atoms with Crippen LogP contribution in [0.15, 0.2) is 67.0 Å². The molecule has 0 aliphatic carbocycles. The highest BCUT2D eigenvalue weighted by Crippen LogP contribution is 2.23. The monoisotopic (exact) mass is 329 g/mol. The Bertz CT molecular complexity index is 1060. The van der Waals surface area contributed by atoms with Gasteiger partial charge in [0, 0.05) is 18.0 Å². The van der Waals surface area contributed by atoms with Crippen LogP contribution in [0.25, 0.3) is 17.0 Å². The van der Waals surface area contributed by atoms with Crippen molar-refractivity contribution in [1.82, 2.24) is 19.4 Å². The first-order chi connectivity index (χ1) is 12.2. The van der Waals surface area contributed by atoms with Gasteiger partial charge in [0.2, 0.25) is 5.95 Å². The molecule has 0 radical (unpaired) electrons. The van der Waals surface area contributed by atoms with Crippen LogP contribution in [0.2, 0.25) is 0 Å². The van der Waals surface area contributed by atoms with Crippen molar-refractivity contribution in [2.45, 2.75) is 6.92 Å². The van der Waals surface area contributed by atoms with Gasteiger partial charge in [-0.15, -0.1) is 0 Å². The van der Waals surface area contributed by atoms with Gasteiger partial charge in [-0.25, -0.2) is 15.0 Å². The number of pyridine rings is 1. The van der Waals surface area contributed by atoms with Gasteiger partial charge in [-0.1, -0.05) is 24.3 Å². The van der Waals surface area contributed by atoms with Crippen molar-refractivity contribution >= 4 is 17.5 Å². The molecule has 0 atom stereocenters. The summed E-state index contributed by atoms with van der Waals surface area (Å²) in [5, 5.41) is 2.74. The van der Waals surface area contributed by atoms with Gasteiger partial charge in [0.05, 0.1) is 17.1 Å². The van der Waals surface area contributed by atoms with Gasteiger partial charge in [-0.3, -0.25) is 14.5 Å².